The van der Waals surface area contributed by atoms with Crippen LogP contribution in [0.4, 0.5) is 0 Å². The van der Waals surface area contributed by atoms with Crippen molar-refractivity contribution in [1.82, 2.24) is 4.90 Å². The SMILES string of the molecule is CCS[C@@H]1CCCCN(C(=O)c2ccccc2OCC(N)=O)C1. The van der Waals surface area contributed by atoms with Crippen LogP contribution in [0.25, 0.3) is 0 Å². The number of thioether (sulfide) groups is 1. The van der Waals surface area contributed by atoms with E-state index in [1.54, 1.807) is 24.3 Å². The number of primary amides is 1. The molecule has 2 amide bonds. The minimum absolute atomic E-state index is 0.0336. The second-order valence-electron chi connectivity index (χ2n) is 5.58. The van der Waals surface area contributed by atoms with Crippen LogP contribution in [0.15, 0.2) is 24.3 Å². The number of hydrogen-bond donors (Lipinski definition) is 1. The van der Waals surface area contributed by atoms with Gasteiger partial charge in [0.15, 0.2) is 6.61 Å². The standard InChI is InChI=1S/C17H24N2O3S/c1-2-23-13-7-5-6-10-19(11-13)17(21)14-8-3-4-9-15(14)22-12-16(18)20/h3-4,8-9,13H,2,5-7,10-12H2,1H3,(H2,18,20)/t13-/m1/s1. The van der Waals surface area contributed by atoms with Crippen molar-refractivity contribution in [3.8, 4) is 5.75 Å². The minimum atomic E-state index is -0.554. The Morgan fingerprint density at radius 2 is 2.13 bits per heavy atom. The Labute approximate surface area is 141 Å². The number of para-hydroxylation sites is 1. The second kappa shape index (κ2) is 8.82. The van der Waals surface area contributed by atoms with E-state index in [9.17, 15) is 9.59 Å². The van der Waals surface area contributed by atoms with Gasteiger partial charge < -0.3 is 15.4 Å². The number of nitrogens with two attached hydrogens (primary N) is 1. The fourth-order valence-corrected chi connectivity index (χ4v) is 3.84. The van der Waals surface area contributed by atoms with Gasteiger partial charge in [-0.1, -0.05) is 25.5 Å². The van der Waals surface area contributed by atoms with Crippen LogP contribution in [-0.2, 0) is 4.79 Å². The van der Waals surface area contributed by atoms with Gasteiger partial charge in [-0.05, 0) is 30.7 Å². The van der Waals surface area contributed by atoms with E-state index in [0.29, 0.717) is 16.6 Å². The third-order valence-electron chi connectivity index (χ3n) is 3.81. The monoisotopic (exact) mass is 336 g/mol. The Balaban J connectivity index is 2.13. The summed E-state index contributed by atoms with van der Waals surface area (Å²) >= 11 is 1.91. The van der Waals surface area contributed by atoms with Crippen LogP contribution in [0, 0.1) is 0 Å². The Morgan fingerprint density at radius 3 is 2.87 bits per heavy atom. The Morgan fingerprint density at radius 1 is 1.35 bits per heavy atom. The van der Waals surface area contributed by atoms with Gasteiger partial charge in [0.2, 0.25) is 0 Å². The molecule has 5 nitrogen and oxygen atoms in total. The maximum Gasteiger partial charge on any atom is 0.257 e. The van der Waals surface area contributed by atoms with E-state index in [2.05, 4.69) is 6.92 Å². The van der Waals surface area contributed by atoms with E-state index in [-0.39, 0.29) is 12.5 Å². The molecule has 1 aromatic rings. The van der Waals surface area contributed by atoms with Gasteiger partial charge in [-0.2, -0.15) is 11.8 Å². The lowest BCUT2D eigenvalue weighted by Crippen LogP contribution is -2.36. The van der Waals surface area contributed by atoms with Crippen molar-refractivity contribution in [2.45, 2.75) is 31.4 Å². The third kappa shape index (κ3) is 5.16. The molecule has 0 spiro atoms. The van der Waals surface area contributed by atoms with Gasteiger partial charge in [0.1, 0.15) is 5.75 Å². The van der Waals surface area contributed by atoms with Crippen molar-refractivity contribution >= 4 is 23.6 Å². The first-order chi connectivity index (χ1) is 11.1. The van der Waals surface area contributed by atoms with Crippen molar-refractivity contribution in [1.29, 1.82) is 0 Å². The molecule has 2 N–H and O–H groups in total. The molecule has 0 aliphatic carbocycles. The molecule has 0 saturated carbocycles. The topological polar surface area (TPSA) is 72.6 Å². The summed E-state index contributed by atoms with van der Waals surface area (Å²) in [6.45, 7) is 3.46. The van der Waals surface area contributed by atoms with Crippen LogP contribution in [0.2, 0.25) is 0 Å². The first-order valence-corrected chi connectivity index (χ1v) is 9.07. The zero-order valence-electron chi connectivity index (χ0n) is 13.5. The number of amides is 2. The van der Waals surface area contributed by atoms with Crippen molar-refractivity contribution in [2.24, 2.45) is 5.73 Å². The Bertz CT molecular complexity index is 550. The van der Waals surface area contributed by atoms with Gasteiger partial charge in [-0.15, -0.1) is 0 Å². The molecule has 1 atom stereocenters. The van der Waals surface area contributed by atoms with E-state index in [0.717, 1.165) is 38.1 Å². The van der Waals surface area contributed by atoms with Crippen LogP contribution in [0.3, 0.4) is 0 Å². The molecular formula is C17H24N2O3S. The highest BCUT2D eigenvalue weighted by molar-refractivity contribution is 7.99. The lowest BCUT2D eigenvalue weighted by molar-refractivity contribution is -0.119. The molecule has 126 valence electrons. The number of ether oxygens (including phenoxy) is 1. The zero-order valence-corrected chi connectivity index (χ0v) is 14.3. The average molecular weight is 336 g/mol. The number of carbonyl (C=O) groups is 2. The summed E-state index contributed by atoms with van der Waals surface area (Å²) in [5, 5.41) is 0.491. The maximum atomic E-state index is 12.9. The molecular weight excluding hydrogens is 312 g/mol. The molecule has 0 aromatic heterocycles. The normalized spacial score (nSPS) is 18.3. The van der Waals surface area contributed by atoms with Gasteiger partial charge in [0.25, 0.3) is 11.8 Å². The molecule has 1 saturated heterocycles. The molecule has 23 heavy (non-hydrogen) atoms. The summed E-state index contributed by atoms with van der Waals surface area (Å²) in [6, 6.07) is 7.03. The van der Waals surface area contributed by atoms with E-state index in [1.165, 1.54) is 0 Å². The van der Waals surface area contributed by atoms with Gasteiger partial charge in [-0.3, -0.25) is 9.59 Å². The van der Waals surface area contributed by atoms with Crippen molar-refractivity contribution in [3.63, 3.8) is 0 Å². The lowest BCUT2D eigenvalue weighted by atomic mass is 10.1. The first kappa shape index (κ1) is 17.7. The number of likely N-dealkylation sites (tertiary alicyclic amines) is 1. The molecule has 0 radical (unpaired) electrons. The van der Waals surface area contributed by atoms with Gasteiger partial charge in [0.05, 0.1) is 5.56 Å². The number of benzene rings is 1. The quantitative estimate of drug-likeness (QED) is 0.865. The number of hydrogen-bond acceptors (Lipinski definition) is 4. The molecule has 2 rings (SSSR count). The molecule has 1 aliphatic heterocycles. The maximum absolute atomic E-state index is 12.9. The van der Waals surface area contributed by atoms with Crippen LogP contribution in [0.1, 0.15) is 36.5 Å². The third-order valence-corrected chi connectivity index (χ3v) is 4.99. The minimum Gasteiger partial charge on any atom is -0.483 e. The predicted octanol–water partition coefficient (Wildman–Crippen LogP) is 2.30. The molecule has 1 fully saturated rings. The van der Waals surface area contributed by atoms with Crippen molar-refractivity contribution in [3.05, 3.63) is 29.8 Å². The number of carbonyl (C=O) groups excluding carboxylic acids is 2. The van der Waals surface area contributed by atoms with Crippen LogP contribution in [0.5, 0.6) is 5.75 Å². The average Bonchev–Trinajstić information content (AvgIpc) is 2.78. The number of rotatable bonds is 6. The fourth-order valence-electron chi connectivity index (χ4n) is 2.75. The van der Waals surface area contributed by atoms with E-state index >= 15 is 0 Å². The largest absolute Gasteiger partial charge is 0.483 e. The summed E-state index contributed by atoms with van der Waals surface area (Å²) < 4.78 is 5.39. The highest BCUT2D eigenvalue weighted by Crippen LogP contribution is 2.25. The molecule has 1 aliphatic rings. The molecule has 0 bridgehead atoms. The fraction of sp³-hybridized carbons (Fsp3) is 0.529. The summed E-state index contributed by atoms with van der Waals surface area (Å²) in [5.74, 6) is 0.890. The molecule has 1 heterocycles. The first-order valence-electron chi connectivity index (χ1n) is 8.02. The van der Waals surface area contributed by atoms with Crippen LogP contribution >= 0.6 is 11.8 Å². The summed E-state index contributed by atoms with van der Waals surface area (Å²) in [4.78, 5) is 25.7. The highest BCUT2D eigenvalue weighted by atomic mass is 32.2. The second-order valence-corrected chi connectivity index (χ2v) is 7.15. The van der Waals surface area contributed by atoms with E-state index in [1.807, 2.05) is 16.7 Å². The Kier molecular flexibility index (Phi) is 6.77. The summed E-state index contributed by atoms with van der Waals surface area (Å²) in [5.41, 5.74) is 5.62. The molecule has 1 aromatic carbocycles. The lowest BCUT2D eigenvalue weighted by Gasteiger charge is -2.25. The Hall–Kier alpha value is -1.69. The predicted molar refractivity (Wildman–Crippen MR) is 92.8 cm³/mol. The zero-order chi connectivity index (χ0) is 16.7. The van der Waals surface area contributed by atoms with E-state index < -0.39 is 5.91 Å². The molecule has 0 unspecified atom stereocenters. The molecule has 6 heteroatoms. The van der Waals surface area contributed by atoms with Gasteiger partial charge >= 0.3 is 0 Å². The number of nitrogens with zero attached hydrogens (tertiary/aromatic N) is 1. The van der Waals surface area contributed by atoms with Gasteiger partial charge in [0, 0.05) is 18.3 Å². The van der Waals surface area contributed by atoms with Crippen molar-refractivity contribution in [2.75, 3.05) is 25.4 Å². The van der Waals surface area contributed by atoms with E-state index in [4.69, 9.17) is 10.5 Å². The highest BCUT2D eigenvalue weighted by Gasteiger charge is 2.24. The summed E-state index contributed by atoms with van der Waals surface area (Å²) in [7, 11) is 0. The van der Waals surface area contributed by atoms with Crippen molar-refractivity contribution < 1.29 is 14.3 Å². The summed E-state index contributed by atoms with van der Waals surface area (Å²) in [6.07, 6.45) is 3.33. The van der Waals surface area contributed by atoms with Crippen LogP contribution < -0.4 is 10.5 Å². The van der Waals surface area contributed by atoms with Crippen LogP contribution in [-0.4, -0.2) is 47.4 Å². The smallest absolute Gasteiger partial charge is 0.257 e. The van der Waals surface area contributed by atoms with Gasteiger partial charge in [-0.25, -0.2) is 0 Å².